The van der Waals surface area contributed by atoms with Crippen molar-refractivity contribution >= 4 is 49.6 Å². The second-order valence-corrected chi connectivity index (χ2v) is 15.3. The summed E-state index contributed by atoms with van der Waals surface area (Å²) in [5.74, 6) is 0. The van der Waals surface area contributed by atoms with Crippen LogP contribution >= 0.6 is 0 Å². The lowest BCUT2D eigenvalue weighted by Crippen LogP contribution is -2.13. The van der Waals surface area contributed by atoms with Crippen LogP contribution in [-0.4, -0.2) is 4.57 Å². The van der Waals surface area contributed by atoms with Gasteiger partial charge in [-0.25, -0.2) is 0 Å². The van der Waals surface area contributed by atoms with Crippen LogP contribution in [0.1, 0.15) is 0 Å². The van der Waals surface area contributed by atoms with Crippen LogP contribution in [-0.2, 0) is 0 Å². The maximum absolute atomic E-state index is 2.47. The molecule has 0 amide bonds. The molecular weight excluding hydrogens is 725 g/mol. The third-order valence-corrected chi connectivity index (χ3v) is 11.8. The number of hydrogen-bond donors (Lipinski definition) is 0. The van der Waals surface area contributed by atoms with Gasteiger partial charge in [-0.2, -0.15) is 0 Å². The van der Waals surface area contributed by atoms with Crippen molar-refractivity contribution in [3.8, 4) is 50.2 Å². The zero-order chi connectivity index (χ0) is 39.8. The molecule has 0 fully saturated rings. The molecular formula is C58H40N2. The summed E-state index contributed by atoms with van der Waals surface area (Å²) in [7, 11) is 0. The Bertz CT molecular complexity index is 3220. The van der Waals surface area contributed by atoms with Crippen molar-refractivity contribution in [2.45, 2.75) is 0 Å². The third-order valence-electron chi connectivity index (χ3n) is 11.8. The van der Waals surface area contributed by atoms with Crippen LogP contribution in [0.4, 0.5) is 17.1 Å². The third kappa shape index (κ3) is 6.14. The first kappa shape index (κ1) is 35.2. The fourth-order valence-corrected chi connectivity index (χ4v) is 9.06. The van der Waals surface area contributed by atoms with Gasteiger partial charge in [-0.1, -0.05) is 200 Å². The molecule has 11 rings (SSSR count). The highest BCUT2D eigenvalue weighted by Crippen LogP contribution is 2.48. The van der Waals surface area contributed by atoms with Gasteiger partial charge in [0.1, 0.15) is 0 Å². The molecule has 10 aromatic carbocycles. The first-order chi connectivity index (χ1) is 29.8. The molecule has 1 aromatic heterocycles. The molecule has 2 nitrogen and oxygen atoms in total. The Hall–Kier alpha value is -7.94. The standard InChI is InChI=1S/C58H40N2/c1-5-18-41(19-6-1)51-29-17-30-52(42-20-7-2-8-21-42)58(51)59(48-37-39-54-53-28-15-16-31-55(53)60(56(54)40-48)46-25-11-4-12-26-46)47-35-32-44(33-36-47)50-38-34-43-22-13-14-27-49(43)57(50)45-23-9-3-10-24-45/h1-40H. The van der Waals surface area contributed by atoms with E-state index in [-0.39, 0.29) is 0 Å². The Morgan fingerprint density at radius 1 is 0.300 bits per heavy atom. The van der Waals surface area contributed by atoms with E-state index in [2.05, 4.69) is 252 Å². The molecule has 0 saturated heterocycles. The highest BCUT2D eigenvalue weighted by molar-refractivity contribution is 6.11. The molecule has 282 valence electrons. The molecule has 0 bridgehead atoms. The van der Waals surface area contributed by atoms with E-state index >= 15 is 0 Å². The molecule has 0 aliphatic rings. The maximum atomic E-state index is 2.47. The van der Waals surface area contributed by atoms with Gasteiger partial charge in [0.05, 0.1) is 16.7 Å². The van der Waals surface area contributed by atoms with Crippen LogP contribution in [0.2, 0.25) is 0 Å². The van der Waals surface area contributed by atoms with Crippen molar-refractivity contribution in [1.82, 2.24) is 4.57 Å². The quantitative estimate of drug-likeness (QED) is 0.150. The highest BCUT2D eigenvalue weighted by atomic mass is 15.1. The first-order valence-electron chi connectivity index (χ1n) is 20.6. The smallest absolute Gasteiger partial charge is 0.0618 e. The van der Waals surface area contributed by atoms with Crippen molar-refractivity contribution in [3.63, 3.8) is 0 Å². The number of para-hydroxylation sites is 3. The summed E-state index contributed by atoms with van der Waals surface area (Å²) in [6, 6.07) is 88.0. The Morgan fingerprint density at radius 2 is 0.817 bits per heavy atom. The van der Waals surface area contributed by atoms with Gasteiger partial charge < -0.3 is 9.47 Å². The molecule has 60 heavy (non-hydrogen) atoms. The predicted octanol–water partition coefficient (Wildman–Crippen LogP) is 16.1. The van der Waals surface area contributed by atoms with Gasteiger partial charge in [-0.15, -0.1) is 0 Å². The topological polar surface area (TPSA) is 8.17 Å². The summed E-state index contributed by atoms with van der Waals surface area (Å²) < 4.78 is 2.40. The number of hydrogen-bond acceptors (Lipinski definition) is 1. The van der Waals surface area contributed by atoms with E-state index < -0.39 is 0 Å². The van der Waals surface area contributed by atoms with Crippen LogP contribution in [0.15, 0.2) is 243 Å². The van der Waals surface area contributed by atoms with Gasteiger partial charge in [0.15, 0.2) is 0 Å². The van der Waals surface area contributed by atoms with Gasteiger partial charge in [-0.05, 0) is 86.6 Å². The second-order valence-electron chi connectivity index (χ2n) is 15.3. The van der Waals surface area contributed by atoms with Crippen LogP contribution < -0.4 is 4.90 Å². The van der Waals surface area contributed by atoms with Crippen molar-refractivity contribution in [2.24, 2.45) is 0 Å². The minimum absolute atomic E-state index is 1.07. The molecule has 0 spiro atoms. The van der Waals surface area contributed by atoms with E-state index in [4.69, 9.17) is 0 Å². The lowest BCUT2D eigenvalue weighted by molar-refractivity contribution is 1.18. The van der Waals surface area contributed by atoms with E-state index in [1.165, 1.54) is 49.3 Å². The number of nitrogens with zero attached hydrogens (tertiary/aromatic N) is 2. The van der Waals surface area contributed by atoms with Crippen LogP contribution in [0, 0.1) is 0 Å². The summed E-state index contributed by atoms with van der Waals surface area (Å²) in [5.41, 5.74) is 16.2. The summed E-state index contributed by atoms with van der Waals surface area (Å²) >= 11 is 0. The number of anilines is 3. The summed E-state index contributed by atoms with van der Waals surface area (Å²) in [6.07, 6.45) is 0. The first-order valence-corrected chi connectivity index (χ1v) is 20.6. The molecule has 2 heteroatoms. The zero-order valence-electron chi connectivity index (χ0n) is 33.0. The number of rotatable bonds is 8. The van der Waals surface area contributed by atoms with Crippen LogP contribution in [0.25, 0.3) is 82.8 Å². The Kier molecular flexibility index (Phi) is 8.87. The Balaban J connectivity index is 1.18. The largest absolute Gasteiger partial charge is 0.309 e. The molecule has 0 N–H and O–H groups in total. The van der Waals surface area contributed by atoms with E-state index in [1.807, 2.05) is 0 Å². The van der Waals surface area contributed by atoms with Gasteiger partial charge >= 0.3 is 0 Å². The van der Waals surface area contributed by atoms with Crippen molar-refractivity contribution in [3.05, 3.63) is 243 Å². The molecule has 0 radical (unpaired) electrons. The monoisotopic (exact) mass is 764 g/mol. The fourth-order valence-electron chi connectivity index (χ4n) is 9.06. The van der Waals surface area contributed by atoms with Crippen molar-refractivity contribution in [2.75, 3.05) is 4.90 Å². The summed E-state index contributed by atoms with van der Waals surface area (Å²) in [5, 5.41) is 4.94. The van der Waals surface area contributed by atoms with Crippen LogP contribution in [0.3, 0.4) is 0 Å². The highest BCUT2D eigenvalue weighted by Gasteiger charge is 2.24. The number of fused-ring (bicyclic) bond motifs is 4. The Labute approximate surface area is 350 Å². The molecule has 11 aromatic rings. The van der Waals surface area contributed by atoms with Gasteiger partial charge in [0, 0.05) is 39.0 Å². The van der Waals surface area contributed by atoms with Gasteiger partial charge in [0.25, 0.3) is 0 Å². The number of benzene rings is 10. The average Bonchev–Trinajstić information content (AvgIpc) is 3.66. The van der Waals surface area contributed by atoms with E-state index in [9.17, 15) is 0 Å². The molecule has 0 unspecified atom stereocenters. The molecule has 0 aliphatic carbocycles. The van der Waals surface area contributed by atoms with Crippen LogP contribution in [0.5, 0.6) is 0 Å². The maximum Gasteiger partial charge on any atom is 0.0618 e. The van der Waals surface area contributed by atoms with Gasteiger partial charge in [-0.3, -0.25) is 0 Å². The average molecular weight is 765 g/mol. The molecule has 0 saturated carbocycles. The molecule has 0 aliphatic heterocycles. The second kappa shape index (κ2) is 15.1. The van der Waals surface area contributed by atoms with Crippen molar-refractivity contribution in [1.29, 1.82) is 0 Å². The molecule has 1 heterocycles. The Morgan fingerprint density at radius 3 is 1.48 bits per heavy atom. The van der Waals surface area contributed by atoms with Gasteiger partial charge in [0.2, 0.25) is 0 Å². The lowest BCUT2D eigenvalue weighted by Gasteiger charge is -2.31. The minimum Gasteiger partial charge on any atom is -0.309 e. The lowest BCUT2D eigenvalue weighted by atomic mass is 9.89. The fraction of sp³-hybridized carbons (Fsp3) is 0. The predicted molar refractivity (Wildman–Crippen MR) is 255 cm³/mol. The van der Waals surface area contributed by atoms with E-state index in [1.54, 1.807) is 0 Å². The summed E-state index contributed by atoms with van der Waals surface area (Å²) in [4.78, 5) is 2.47. The summed E-state index contributed by atoms with van der Waals surface area (Å²) in [6.45, 7) is 0. The van der Waals surface area contributed by atoms with E-state index in [0.717, 1.165) is 50.5 Å². The molecule has 0 atom stereocenters. The van der Waals surface area contributed by atoms with Crippen molar-refractivity contribution < 1.29 is 0 Å². The zero-order valence-corrected chi connectivity index (χ0v) is 33.0. The van der Waals surface area contributed by atoms with E-state index in [0.29, 0.717) is 0 Å². The SMILES string of the molecule is c1ccc(-c2cccc(-c3ccccc3)c2N(c2ccc(-c3ccc4ccccc4c3-c3ccccc3)cc2)c2ccc3c4ccccc4n(-c4ccccc4)c3c2)cc1. The normalized spacial score (nSPS) is 11.3. The minimum atomic E-state index is 1.07. The number of aromatic nitrogens is 1.